The Morgan fingerprint density at radius 1 is 1.17 bits per heavy atom. The van der Waals surface area contributed by atoms with Gasteiger partial charge in [0.25, 0.3) is 5.91 Å². The van der Waals surface area contributed by atoms with Crippen LogP contribution >= 0.6 is 0 Å². The summed E-state index contributed by atoms with van der Waals surface area (Å²) in [6, 6.07) is 7.89. The second kappa shape index (κ2) is 9.79. The SMILES string of the molecule is CNC(=O)C(=O)C(C[C@@H]1CCNC1=O)NC(=O)[C@@H]1[C@@H]2[C@H](CN1C(=O)CCc1ccccc1)C2(C)C. The highest BCUT2D eigenvalue weighted by atomic mass is 16.2. The number of nitrogens with one attached hydrogen (secondary N) is 3. The minimum absolute atomic E-state index is 0.00583. The maximum absolute atomic E-state index is 13.6. The van der Waals surface area contributed by atoms with Crippen molar-refractivity contribution in [1.82, 2.24) is 20.9 Å². The number of benzene rings is 1. The van der Waals surface area contributed by atoms with Gasteiger partial charge in [0.05, 0.1) is 6.04 Å². The first kappa shape index (κ1) is 24.9. The number of likely N-dealkylation sites (N-methyl/N-ethyl adjacent to an activating group) is 1. The molecule has 4 amide bonds. The number of likely N-dealkylation sites (tertiary alicyclic amines) is 1. The average Bonchev–Trinajstić information content (AvgIpc) is 3.21. The van der Waals surface area contributed by atoms with Crippen molar-refractivity contribution in [1.29, 1.82) is 0 Å². The molecule has 188 valence electrons. The Labute approximate surface area is 205 Å². The van der Waals surface area contributed by atoms with E-state index in [1.807, 2.05) is 30.3 Å². The molecule has 5 atom stereocenters. The predicted molar refractivity (Wildman–Crippen MR) is 128 cm³/mol. The summed E-state index contributed by atoms with van der Waals surface area (Å²) in [4.78, 5) is 65.3. The lowest BCUT2D eigenvalue weighted by molar-refractivity contribution is -0.143. The van der Waals surface area contributed by atoms with Gasteiger partial charge < -0.3 is 20.9 Å². The molecule has 1 aromatic carbocycles. The highest BCUT2D eigenvalue weighted by Crippen LogP contribution is 2.64. The van der Waals surface area contributed by atoms with Crippen LogP contribution in [0, 0.1) is 23.2 Å². The number of Topliss-reactive ketones (excluding diaryl/α,β-unsaturated/α-hetero) is 1. The van der Waals surface area contributed by atoms with E-state index in [1.165, 1.54) is 7.05 Å². The van der Waals surface area contributed by atoms with Crippen LogP contribution in [0.5, 0.6) is 0 Å². The Morgan fingerprint density at radius 2 is 1.89 bits per heavy atom. The zero-order chi connectivity index (χ0) is 25.3. The molecule has 3 N–H and O–H groups in total. The van der Waals surface area contributed by atoms with Crippen LogP contribution in [0.25, 0.3) is 0 Å². The minimum Gasteiger partial charge on any atom is -0.356 e. The molecule has 9 heteroatoms. The van der Waals surface area contributed by atoms with E-state index < -0.39 is 35.6 Å². The quantitative estimate of drug-likeness (QED) is 0.440. The van der Waals surface area contributed by atoms with Crippen LogP contribution in [0.4, 0.5) is 0 Å². The van der Waals surface area contributed by atoms with Crippen molar-refractivity contribution < 1.29 is 24.0 Å². The summed E-state index contributed by atoms with van der Waals surface area (Å²) in [5, 5.41) is 7.78. The predicted octanol–water partition coefficient (Wildman–Crippen LogP) is 0.428. The van der Waals surface area contributed by atoms with Crippen LogP contribution < -0.4 is 16.0 Å². The number of amides is 4. The first-order valence-corrected chi connectivity index (χ1v) is 12.3. The van der Waals surface area contributed by atoms with Crippen LogP contribution in [-0.4, -0.2) is 66.5 Å². The summed E-state index contributed by atoms with van der Waals surface area (Å²) in [5.74, 6) is -2.56. The second-order valence-corrected chi connectivity index (χ2v) is 10.4. The molecule has 1 aliphatic carbocycles. The fourth-order valence-electron chi connectivity index (χ4n) is 5.81. The number of nitrogens with zero attached hydrogens (tertiary/aromatic N) is 1. The highest BCUT2D eigenvalue weighted by Gasteiger charge is 2.69. The van der Waals surface area contributed by atoms with Crippen molar-refractivity contribution in [2.24, 2.45) is 23.2 Å². The summed E-state index contributed by atoms with van der Waals surface area (Å²) in [7, 11) is 1.35. The first-order valence-electron chi connectivity index (χ1n) is 12.3. The van der Waals surface area contributed by atoms with Gasteiger partial charge >= 0.3 is 0 Å². The smallest absolute Gasteiger partial charge is 0.289 e. The van der Waals surface area contributed by atoms with Gasteiger partial charge in [0.15, 0.2) is 0 Å². The van der Waals surface area contributed by atoms with Crippen LogP contribution in [0.1, 0.15) is 38.7 Å². The van der Waals surface area contributed by atoms with E-state index in [2.05, 4.69) is 29.8 Å². The molecule has 0 radical (unpaired) electrons. The fraction of sp³-hybridized carbons (Fsp3) is 0.577. The van der Waals surface area contributed by atoms with Crippen molar-refractivity contribution >= 4 is 29.4 Å². The Balaban J connectivity index is 1.49. The maximum Gasteiger partial charge on any atom is 0.289 e. The molecule has 3 aliphatic rings. The van der Waals surface area contributed by atoms with E-state index in [9.17, 15) is 24.0 Å². The molecule has 0 spiro atoms. The largest absolute Gasteiger partial charge is 0.356 e. The molecule has 1 unspecified atom stereocenters. The number of rotatable bonds is 9. The third-order valence-corrected chi connectivity index (χ3v) is 8.03. The normalized spacial score (nSPS) is 26.9. The van der Waals surface area contributed by atoms with Crippen molar-refractivity contribution in [2.75, 3.05) is 20.1 Å². The molecule has 2 aliphatic heterocycles. The molecular weight excluding hydrogens is 448 g/mol. The van der Waals surface area contributed by atoms with Gasteiger partial charge in [0.2, 0.25) is 23.5 Å². The number of carbonyl (C=O) groups excluding carboxylic acids is 5. The summed E-state index contributed by atoms with van der Waals surface area (Å²) in [6.07, 6.45) is 1.46. The lowest BCUT2D eigenvalue weighted by atomic mass is 9.94. The summed E-state index contributed by atoms with van der Waals surface area (Å²) < 4.78 is 0. The van der Waals surface area contributed by atoms with E-state index in [0.29, 0.717) is 25.9 Å². The molecule has 35 heavy (non-hydrogen) atoms. The monoisotopic (exact) mass is 482 g/mol. The van der Waals surface area contributed by atoms with Crippen molar-refractivity contribution in [3.05, 3.63) is 35.9 Å². The standard InChI is InChI=1S/C26H34N4O5/c1-26(2)17-14-30(19(31)10-9-15-7-5-4-6-8-15)21(20(17)26)24(34)29-18(22(32)25(35)27-3)13-16-11-12-28-23(16)33/h4-8,16-18,20-21H,9-14H2,1-3H3,(H,27,35)(H,28,33)(H,29,34)/t16-,17-,18?,20-,21-/m0/s1. The molecule has 2 heterocycles. The highest BCUT2D eigenvalue weighted by molar-refractivity contribution is 6.38. The molecule has 2 saturated heterocycles. The lowest BCUT2D eigenvalue weighted by Gasteiger charge is -2.31. The molecule has 3 fully saturated rings. The van der Waals surface area contributed by atoms with Crippen LogP contribution in [0.3, 0.4) is 0 Å². The number of fused-ring (bicyclic) bond motifs is 1. The topological polar surface area (TPSA) is 125 Å². The third kappa shape index (κ3) is 4.94. The maximum atomic E-state index is 13.6. The third-order valence-electron chi connectivity index (χ3n) is 8.03. The Kier molecular flexibility index (Phi) is 6.96. The number of aryl methyl sites for hydroxylation is 1. The average molecular weight is 483 g/mol. The van der Waals surface area contributed by atoms with Crippen LogP contribution in [0.15, 0.2) is 30.3 Å². The summed E-state index contributed by atoms with van der Waals surface area (Å²) in [6.45, 7) is 5.18. The molecular formula is C26H34N4O5. The van der Waals surface area contributed by atoms with Crippen LogP contribution in [-0.2, 0) is 30.4 Å². The van der Waals surface area contributed by atoms with Crippen molar-refractivity contribution in [3.8, 4) is 0 Å². The van der Waals surface area contributed by atoms with Gasteiger partial charge in [-0.25, -0.2) is 0 Å². The molecule has 1 aromatic rings. The number of ketones is 1. The van der Waals surface area contributed by atoms with Gasteiger partial charge in [0.1, 0.15) is 6.04 Å². The van der Waals surface area contributed by atoms with Gasteiger partial charge in [-0.15, -0.1) is 0 Å². The summed E-state index contributed by atoms with van der Waals surface area (Å²) in [5.41, 5.74) is 0.974. The van der Waals surface area contributed by atoms with Crippen molar-refractivity contribution in [3.63, 3.8) is 0 Å². The number of hydrogen-bond donors (Lipinski definition) is 3. The van der Waals surface area contributed by atoms with Gasteiger partial charge in [0, 0.05) is 32.5 Å². The molecule has 0 bridgehead atoms. The number of piperidine rings is 1. The van der Waals surface area contributed by atoms with Crippen molar-refractivity contribution in [2.45, 2.75) is 51.6 Å². The van der Waals surface area contributed by atoms with E-state index in [-0.39, 0.29) is 41.9 Å². The Bertz CT molecular complexity index is 1020. The van der Waals surface area contributed by atoms with Gasteiger partial charge in [-0.1, -0.05) is 44.2 Å². The molecule has 9 nitrogen and oxygen atoms in total. The molecule has 0 aromatic heterocycles. The summed E-state index contributed by atoms with van der Waals surface area (Å²) >= 11 is 0. The zero-order valence-electron chi connectivity index (χ0n) is 20.5. The Morgan fingerprint density at radius 3 is 2.51 bits per heavy atom. The minimum atomic E-state index is -1.13. The first-order chi connectivity index (χ1) is 16.6. The van der Waals surface area contributed by atoms with E-state index in [1.54, 1.807) is 4.90 Å². The molecule has 4 rings (SSSR count). The second-order valence-electron chi connectivity index (χ2n) is 10.4. The van der Waals surface area contributed by atoms with Gasteiger partial charge in [-0.2, -0.15) is 0 Å². The fourth-order valence-corrected chi connectivity index (χ4v) is 5.81. The molecule has 1 saturated carbocycles. The number of hydrogen-bond acceptors (Lipinski definition) is 5. The van der Waals surface area contributed by atoms with E-state index in [0.717, 1.165) is 5.56 Å². The zero-order valence-corrected chi connectivity index (χ0v) is 20.5. The Hall–Kier alpha value is -3.23. The van der Waals surface area contributed by atoms with Crippen LogP contribution in [0.2, 0.25) is 0 Å². The number of carbonyl (C=O) groups is 5. The lowest BCUT2D eigenvalue weighted by Crippen LogP contribution is -2.55. The van der Waals surface area contributed by atoms with Gasteiger partial charge in [-0.05, 0) is 42.1 Å². The van der Waals surface area contributed by atoms with E-state index in [4.69, 9.17) is 0 Å². The van der Waals surface area contributed by atoms with Gasteiger partial charge in [-0.3, -0.25) is 24.0 Å². The van der Waals surface area contributed by atoms with E-state index >= 15 is 0 Å².